The summed E-state index contributed by atoms with van der Waals surface area (Å²) in [6, 6.07) is 11.1. The molecule has 0 aliphatic heterocycles. The molecule has 0 saturated carbocycles. The van der Waals surface area contributed by atoms with Crippen LogP contribution in [0.4, 0.5) is 0 Å². The fraction of sp³-hybridized carbons (Fsp3) is 0.280. The molecule has 3 aromatic heterocycles. The second kappa shape index (κ2) is 10.2. The minimum absolute atomic E-state index is 0.0858. The molecule has 11 heteroatoms. The number of pyridine rings is 1. The smallest absolute Gasteiger partial charge is 0.262 e. The summed E-state index contributed by atoms with van der Waals surface area (Å²) in [6.07, 6.45) is 4.16. The molecule has 0 saturated heterocycles. The van der Waals surface area contributed by atoms with Crippen LogP contribution < -0.4 is 10.5 Å². The number of benzene rings is 1. The van der Waals surface area contributed by atoms with Crippen LogP contribution in [0.15, 0.2) is 48.8 Å². The number of primary amides is 1. The summed E-state index contributed by atoms with van der Waals surface area (Å²) >= 11 is 7.74. The van der Waals surface area contributed by atoms with Crippen LogP contribution >= 0.6 is 22.9 Å². The number of carbonyl (C=O) groups excluding carboxylic acids is 1. The second-order valence-electron chi connectivity index (χ2n) is 9.00. The largest absolute Gasteiger partial charge is 0.484 e. The normalized spacial score (nSPS) is 12.8. The molecule has 1 unspecified atom stereocenters. The van der Waals surface area contributed by atoms with Gasteiger partial charge in [0, 0.05) is 35.6 Å². The lowest BCUT2D eigenvalue weighted by Gasteiger charge is -2.17. The van der Waals surface area contributed by atoms with E-state index in [0.29, 0.717) is 32.6 Å². The third kappa shape index (κ3) is 5.89. The predicted molar refractivity (Wildman–Crippen MR) is 143 cm³/mol. The van der Waals surface area contributed by atoms with Crippen LogP contribution in [0.1, 0.15) is 39.4 Å². The quantitative estimate of drug-likeness (QED) is 0.330. The van der Waals surface area contributed by atoms with Crippen LogP contribution in [0.3, 0.4) is 0 Å². The molecule has 3 heterocycles. The minimum atomic E-state index is -3.20. The predicted octanol–water partition coefficient (Wildman–Crippen LogP) is 4.56. The van der Waals surface area contributed by atoms with E-state index < -0.39 is 21.8 Å². The zero-order chi connectivity index (χ0) is 26.2. The van der Waals surface area contributed by atoms with Crippen molar-refractivity contribution < 1.29 is 17.9 Å². The van der Waals surface area contributed by atoms with Crippen LogP contribution in [-0.2, 0) is 22.1 Å². The van der Waals surface area contributed by atoms with Crippen LogP contribution in [0.5, 0.6) is 5.75 Å². The van der Waals surface area contributed by atoms with Gasteiger partial charge >= 0.3 is 0 Å². The molecule has 1 aromatic carbocycles. The van der Waals surface area contributed by atoms with Gasteiger partial charge in [0.25, 0.3) is 5.91 Å². The van der Waals surface area contributed by atoms with Crippen molar-refractivity contribution >= 4 is 44.3 Å². The molecule has 4 rings (SSSR count). The topological polar surface area (TPSA) is 107 Å². The Balaban J connectivity index is 1.67. The Morgan fingerprint density at radius 2 is 1.94 bits per heavy atom. The van der Waals surface area contributed by atoms with Crippen molar-refractivity contribution in [2.75, 3.05) is 20.4 Å². The molecule has 8 nitrogen and oxygen atoms in total. The fourth-order valence-electron chi connectivity index (χ4n) is 3.97. The van der Waals surface area contributed by atoms with Gasteiger partial charge in [-0.15, -0.1) is 11.3 Å². The standard InChI is InChI=1S/C25H27ClN4O4S2/c1-15(18-7-5-16(9-19(18)26)12-29(2)3)34-21-10-22(35-24(21)25(27)31)20-11-28-23-8-6-17(13-30(20)23)14-36(4,32)33/h5-11,13,15H,12,14H2,1-4H3,(H2,27,31). The van der Waals surface area contributed by atoms with Crippen LogP contribution in [0.2, 0.25) is 5.02 Å². The highest BCUT2D eigenvalue weighted by Crippen LogP contribution is 2.39. The number of fused-ring (bicyclic) bond motifs is 1. The van der Waals surface area contributed by atoms with Crippen LogP contribution in [0, 0.1) is 0 Å². The van der Waals surface area contributed by atoms with Crippen molar-refractivity contribution in [2.24, 2.45) is 5.73 Å². The number of aromatic nitrogens is 2. The van der Waals surface area contributed by atoms with Gasteiger partial charge in [-0.1, -0.05) is 29.8 Å². The third-order valence-electron chi connectivity index (χ3n) is 5.48. The zero-order valence-corrected chi connectivity index (χ0v) is 22.7. The maximum Gasteiger partial charge on any atom is 0.262 e. The number of nitrogens with zero attached hydrogens (tertiary/aromatic N) is 3. The van der Waals surface area contributed by atoms with E-state index in [-0.39, 0.29) is 10.6 Å². The van der Waals surface area contributed by atoms with Gasteiger partial charge in [-0.05, 0) is 44.3 Å². The monoisotopic (exact) mass is 546 g/mol. The van der Waals surface area contributed by atoms with Gasteiger partial charge in [0.05, 0.1) is 22.5 Å². The molecule has 4 aromatic rings. The fourth-order valence-corrected chi connectivity index (χ4v) is 6.06. The van der Waals surface area contributed by atoms with Crippen molar-refractivity contribution in [3.05, 3.63) is 75.4 Å². The van der Waals surface area contributed by atoms with Crippen molar-refractivity contribution in [3.63, 3.8) is 0 Å². The Bertz CT molecular complexity index is 1540. The molecule has 36 heavy (non-hydrogen) atoms. The van der Waals surface area contributed by atoms with Crippen molar-refractivity contribution in [3.8, 4) is 16.3 Å². The van der Waals surface area contributed by atoms with Gasteiger partial charge in [-0.25, -0.2) is 13.4 Å². The summed E-state index contributed by atoms with van der Waals surface area (Å²) in [4.78, 5) is 19.7. The Labute approximate surface area is 219 Å². The highest BCUT2D eigenvalue weighted by Gasteiger charge is 2.22. The summed E-state index contributed by atoms with van der Waals surface area (Å²) in [7, 11) is 0.781. The van der Waals surface area contributed by atoms with Gasteiger partial charge in [0.1, 0.15) is 22.4 Å². The number of hydrogen-bond donors (Lipinski definition) is 1. The maximum atomic E-state index is 12.2. The molecule has 190 valence electrons. The molecule has 2 N–H and O–H groups in total. The molecule has 0 bridgehead atoms. The number of hydrogen-bond acceptors (Lipinski definition) is 7. The van der Waals surface area contributed by atoms with E-state index in [1.807, 2.05) is 39.2 Å². The highest BCUT2D eigenvalue weighted by molar-refractivity contribution is 7.89. The Kier molecular flexibility index (Phi) is 7.42. The van der Waals surface area contributed by atoms with Gasteiger partial charge < -0.3 is 15.4 Å². The average Bonchev–Trinajstić information content (AvgIpc) is 3.36. The molecule has 1 amide bonds. The average molecular weight is 547 g/mol. The van der Waals surface area contributed by atoms with Crippen molar-refractivity contribution in [1.82, 2.24) is 14.3 Å². The maximum absolute atomic E-state index is 12.2. The number of sulfone groups is 1. The highest BCUT2D eigenvalue weighted by atomic mass is 35.5. The molecular formula is C25H27ClN4O4S2. The van der Waals surface area contributed by atoms with E-state index in [2.05, 4.69) is 9.88 Å². The number of ether oxygens (including phenoxy) is 1. The zero-order valence-electron chi connectivity index (χ0n) is 20.4. The molecule has 0 radical (unpaired) electrons. The second-order valence-corrected chi connectivity index (χ2v) is 12.6. The summed E-state index contributed by atoms with van der Waals surface area (Å²) in [5.41, 5.74) is 9.52. The first kappa shape index (κ1) is 26.2. The Morgan fingerprint density at radius 1 is 1.22 bits per heavy atom. The van der Waals surface area contributed by atoms with Crippen LogP contribution in [-0.4, -0.2) is 49.0 Å². The van der Waals surface area contributed by atoms with Gasteiger partial charge in [0.15, 0.2) is 9.84 Å². The molecule has 0 fully saturated rings. The lowest BCUT2D eigenvalue weighted by molar-refractivity contribution is 0.0998. The van der Waals surface area contributed by atoms with Gasteiger partial charge in [0.2, 0.25) is 0 Å². The number of halogens is 1. The molecule has 0 aliphatic carbocycles. The van der Waals surface area contributed by atoms with E-state index in [4.69, 9.17) is 22.1 Å². The number of amides is 1. The Hall–Kier alpha value is -2.92. The van der Waals surface area contributed by atoms with Crippen molar-refractivity contribution in [1.29, 1.82) is 0 Å². The van der Waals surface area contributed by atoms with Gasteiger partial charge in [-0.2, -0.15) is 0 Å². The number of imidazole rings is 1. The first-order valence-electron chi connectivity index (χ1n) is 11.1. The van der Waals surface area contributed by atoms with Crippen LogP contribution in [0.25, 0.3) is 16.2 Å². The number of carbonyl (C=O) groups is 1. The van der Waals surface area contributed by atoms with E-state index in [0.717, 1.165) is 17.7 Å². The lowest BCUT2D eigenvalue weighted by atomic mass is 10.1. The minimum Gasteiger partial charge on any atom is -0.484 e. The van der Waals surface area contributed by atoms with E-state index in [1.165, 1.54) is 17.6 Å². The number of rotatable bonds is 9. The number of thiophene rings is 1. The van der Waals surface area contributed by atoms with Crippen molar-refractivity contribution in [2.45, 2.75) is 25.3 Å². The lowest BCUT2D eigenvalue weighted by Crippen LogP contribution is -2.13. The summed E-state index contributed by atoms with van der Waals surface area (Å²) in [5, 5.41) is 0.582. The Morgan fingerprint density at radius 3 is 2.58 bits per heavy atom. The molecule has 1 atom stereocenters. The molecule has 0 spiro atoms. The molecule has 0 aliphatic rings. The SMILES string of the molecule is CC(Oc1cc(-c2cnc3ccc(CS(C)(=O)=O)cn23)sc1C(N)=O)c1ccc(CN(C)C)cc1Cl. The first-order chi connectivity index (χ1) is 16.9. The van der Waals surface area contributed by atoms with E-state index in [9.17, 15) is 13.2 Å². The van der Waals surface area contributed by atoms with E-state index >= 15 is 0 Å². The third-order valence-corrected chi connectivity index (χ3v) is 7.81. The van der Waals surface area contributed by atoms with E-state index in [1.54, 1.807) is 35.0 Å². The first-order valence-corrected chi connectivity index (χ1v) is 14.3. The summed E-state index contributed by atoms with van der Waals surface area (Å²) in [5.74, 6) is -0.338. The van der Waals surface area contributed by atoms with Gasteiger partial charge in [-0.3, -0.25) is 9.20 Å². The summed E-state index contributed by atoms with van der Waals surface area (Å²) < 4.78 is 31.5. The summed E-state index contributed by atoms with van der Waals surface area (Å²) in [6.45, 7) is 2.63. The molecular weight excluding hydrogens is 520 g/mol. The number of nitrogens with two attached hydrogens (primary N) is 1.